The predicted molar refractivity (Wildman–Crippen MR) is 107 cm³/mol. The molecule has 138 valence electrons. The number of halogens is 1. The van der Waals surface area contributed by atoms with E-state index in [-0.39, 0.29) is 5.91 Å². The van der Waals surface area contributed by atoms with E-state index in [1.807, 2.05) is 31.2 Å². The van der Waals surface area contributed by atoms with Gasteiger partial charge in [0.25, 0.3) is 0 Å². The van der Waals surface area contributed by atoms with Gasteiger partial charge in [0.15, 0.2) is 11.5 Å². The van der Waals surface area contributed by atoms with Crippen LogP contribution in [0.25, 0.3) is 6.08 Å². The van der Waals surface area contributed by atoms with Crippen LogP contribution in [0.15, 0.2) is 42.5 Å². The van der Waals surface area contributed by atoms with E-state index in [1.165, 1.54) is 6.08 Å². The molecule has 0 saturated heterocycles. The summed E-state index contributed by atoms with van der Waals surface area (Å²) in [5, 5.41) is 3.36. The molecule has 1 amide bonds. The summed E-state index contributed by atoms with van der Waals surface area (Å²) in [6.07, 6.45) is 3.17. The van der Waals surface area contributed by atoms with Crippen molar-refractivity contribution in [3.05, 3.63) is 58.6 Å². The highest BCUT2D eigenvalue weighted by Crippen LogP contribution is 2.36. The number of rotatable bonds is 7. The first-order valence-electron chi connectivity index (χ1n) is 8.54. The molecule has 26 heavy (non-hydrogen) atoms. The molecule has 0 atom stereocenters. The molecule has 2 aromatic rings. The average molecular weight is 374 g/mol. The van der Waals surface area contributed by atoms with Gasteiger partial charge in [0.05, 0.1) is 18.7 Å². The zero-order chi connectivity index (χ0) is 19.1. The molecule has 1 N–H and O–H groups in total. The number of carbonyl (C=O) groups is 1. The van der Waals surface area contributed by atoms with Crippen LogP contribution in [0.5, 0.6) is 11.5 Å². The normalized spacial score (nSPS) is 11.0. The molecule has 0 aliphatic rings. The van der Waals surface area contributed by atoms with E-state index in [1.54, 1.807) is 25.3 Å². The van der Waals surface area contributed by atoms with E-state index < -0.39 is 0 Å². The van der Waals surface area contributed by atoms with Crippen molar-refractivity contribution in [2.24, 2.45) is 0 Å². The number of hydrogen-bond donors (Lipinski definition) is 1. The fourth-order valence-corrected chi connectivity index (χ4v) is 2.90. The van der Waals surface area contributed by atoms with Gasteiger partial charge in [-0.25, -0.2) is 0 Å². The fraction of sp³-hybridized carbons (Fsp3) is 0.286. The first-order chi connectivity index (χ1) is 12.5. The quantitative estimate of drug-likeness (QED) is 0.650. The van der Waals surface area contributed by atoms with E-state index in [9.17, 15) is 4.79 Å². The van der Waals surface area contributed by atoms with Crippen molar-refractivity contribution >= 4 is 29.3 Å². The Morgan fingerprint density at radius 2 is 2.00 bits per heavy atom. The van der Waals surface area contributed by atoms with Gasteiger partial charge in [-0.2, -0.15) is 0 Å². The van der Waals surface area contributed by atoms with E-state index >= 15 is 0 Å². The van der Waals surface area contributed by atoms with Gasteiger partial charge in [-0.1, -0.05) is 43.6 Å². The minimum absolute atomic E-state index is 0.206. The lowest BCUT2D eigenvalue weighted by atomic mass is 10.0. The molecular weight excluding hydrogens is 350 g/mol. The Labute approximate surface area is 159 Å². The predicted octanol–water partition coefficient (Wildman–Crippen LogP) is 5.52. The van der Waals surface area contributed by atoms with Gasteiger partial charge in [0, 0.05) is 11.8 Å². The number of para-hydroxylation sites is 1. The summed E-state index contributed by atoms with van der Waals surface area (Å²) in [6, 6.07) is 11.3. The van der Waals surface area contributed by atoms with Crippen LogP contribution in [0.3, 0.4) is 0 Å². The first-order valence-corrected chi connectivity index (χ1v) is 8.92. The Hall–Kier alpha value is -2.46. The van der Waals surface area contributed by atoms with Gasteiger partial charge in [0.1, 0.15) is 0 Å². The fourth-order valence-electron chi connectivity index (χ4n) is 2.61. The monoisotopic (exact) mass is 373 g/mol. The lowest BCUT2D eigenvalue weighted by Crippen LogP contribution is -2.10. The molecule has 0 aromatic heterocycles. The topological polar surface area (TPSA) is 47.6 Å². The molecule has 0 heterocycles. The Morgan fingerprint density at radius 3 is 2.65 bits per heavy atom. The molecule has 0 radical (unpaired) electrons. The van der Waals surface area contributed by atoms with E-state index in [2.05, 4.69) is 19.2 Å². The van der Waals surface area contributed by atoms with Gasteiger partial charge in [0.2, 0.25) is 5.91 Å². The van der Waals surface area contributed by atoms with Crippen LogP contribution in [-0.2, 0) is 4.79 Å². The smallest absolute Gasteiger partial charge is 0.248 e. The van der Waals surface area contributed by atoms with E-state index in [0.717, 1.165) is 16.8 Å². The first kappa shape index (κ1) is 19.9. The molecule has 5 heteroatoms. The summed E-state index contributed by atoms with van der Waals surface area (Å²) < 4.78 is 10.8. The number of nitrogens with one attached hydrogen (secondary N) is 1. The summed E-state index contributed by atoms with van der Waals surface area (Å²) in [4.78, 5) is 12.3. The van der Waals surface area contributed by atoms with Crippen LogP contribution in [0.4, 0.5) is 5.69 Å². The highest BCUT2D eigenvalue weighted by atomic mass is 35.5. The van der Waals surface area contributed by atoms with Crippen LogP contribution in [0, 0.1) is 0 Å². The number of benzene rings is 2. The highest BCUT2D eigenvalue weighted by Gasteiger charge is 2.11. The molecule has 2 rings (SSSR count). The zero-order valence-electron chi connectivity index (χ0n) is 15.5. The Morgan fingerprint density at radius 1 is 1.27 bits per heavy atom. The summed E-state index contributed by atoms with van der Waals surface area (Å²) in [5.41, 5.74) is 2.67. The van der Waals surface area contributed by atoms with Crippen molar-refractivity contribution in [3.8, 4) is 11.5 Å². The van der Waals surface area contributed by atoms with Crippen molar-refractivity contribution in [1.29, 1.82) is 0 Å². The third-order valence-corrected chi connectivity index (χ3v) is 4.08. The number of anilines is 1. The van der Waals surface area contributed by atoms with Crippen LogP contribution < -0.4 is 14.8 Å². The molecule has 0 unspecified atom stereocenters. The number of amides is 1. The Balaban J connectivity index is 2.18. The number of ether oxygens (including phenoxy) is 2. The van der Waals surface area contributed by atoms with Crippen LogP contribution in [0.1, 0.15) is 37.8 Å². The van der Waals surface area contributed by atoms with Crippen molar-refractivity contribution in [2.45, 2.75) is 26.7 Å². The van der Waals surface area contributed by atoms with Crippen molar-refractivity contribution in [1.82, 2.24) is 0 Å². The van der Waals surface area contributed by atoms with Gasteiger partial charge in [-0.15, -0.1) is 0 Å². The van der Waals surface area contributed by atoms with E-state index in [0.29, 0.717) is 29.0 Å². The zero-order valence-corrected chi connectivity index (χ0v) is 16.3. The number of carbonyl (C=O) groups excluding carboxylic acids is 1. The maximum atomic E-state index is 12.3. The second-order valence-corrected chi connectivity index (χ2v) is 6.44. The third kappa shape index (κ3) is 5.02. The van der Waals surface area contributed by atoms with Crippen molar-refractivity contribution in [2.75, 3.05) is 19.0 Å². The van der Waals surface area contributed by atoms with Crippen LogP contribution >= 0.6 is 11.6 Å². The Bertz CT molecular complexity index is 800. The maximum absolute atomic E-state index is 12.3. The molecule has 0 aliphatic heterocycles. The summed E-state index contributed by atoms with van der Waals surface area (Å²) in [5.74, 6) is 1.15. The largest absolute Gasteiger partial charge is 0.491 e. The van der Waals surface area contributed by atoms with Gasteiger partial charge in [-0.05, 0) is 48.2 Å². The van der Waals surface area contributed by atoms with Gasteiger partial charge in [-0.3, -0.25) is 4.79 Å². The average Bonchev–Trinajstić information content (AvgIpc) is 2.60. The lowest BCUT2D eigenvalue weighted by Gasteiger charge is -2.13. The molecule has 0 fully saturated rings. The number of hydrogen-bond acceptors (Lipinski definition) is 3. The molecule has 0 spiro atoms. The second-order valence-electron chi connectivity index (χ2n) is 6.03. The lowest BCUT2D eigenvalue weighted by molar-refractivity contribution is -0.111. The van der Waals surface area contributed by atoms with Crippen molar-refractivity contribution < 1.29 is 14.3 Å². The molecule has 0 bridgehead atoms. The molecule has 0 saturated carbocycles. The second kappa shape index (κ2) is 9.30. The molecule has 0 aliphatic carbocycles. The standard InChI is InChI=1S/C21H24ClNO3/c1-5-26-19-13-15(12-17(22)21(19)25-4)10-11-20(24)23-18-9-7-6-8-16(18)14(2)3/h6-14H,5H2,1-4H3,(H,23,24)/b11-10+. The van der Waals surface area contributed by atoms with Crippen LogP contribution in [0.2, 0.25) is 5.02 Å². The molecule has 2 aromatic carbocycles. The highest BCUT2D eigenvalue weighted by molar-refractivity contribution is 6.32. The minimum Gasteiger partial charge on any atom is -0.491 e. The Kier molecular flexibility index (Phi) is 7.10. The summed E-state index contributed by atoms with van der Waals surface area (Å²) in [6.45, 7) is 6.56. The van der Waals surface area contributed by atoms with Gasteiger partial charge < -0.3 is 14.8 Å². The SMILES string of the molecule is CCOc1cc(/C=C/C(=O)Nc2ccccc2C(C)C)cc(Cl)c1OC. The molecule has 4 nitrogen and oxygen atoms in total. The number of methoxy groups -OCH3 is 1. The van der Waals surface area contributed by atoms with Gasteiger partial charge >= 0.3 is 0 Å². The van der Waals surface area contributed by atoms with Crippen molar-refractivity contribution in [3.63, 3.8) is 0 Å². The third-order valence-electron chi connectivity index (χ3n) is 3.80. The molecular formula is C21H24ClNO3. The summed E-state index contributed by atoms with van der Waals surface area (Å²) >= 11 is 6.23. The minimum atomic E-state index is -0.206. The summed E-state index contributed by atoms with van der Waals surface area (Å²) in [7, 11) is 1.54. The van der Waals surface area contributed by atoms with E-state index in [4.69, 9.17) is 21.1 Å². The van der Waals surface area contributed by atoms with Crippen LogP contribution in [-0.4, -0.2) is 19.6 Å². The maximum Gasteiger partial charge on any atom is 0.248 e.